The van der Waals surface area contributed by atoms with Gasteiger partial charge in [-0.05, 0) is 5.92 Å². The van der Waals surface area contributed by atoms with Gasteiger partial charge in [0.1, 0.15) is 6.04 Å². The molecule has 0 rings (SSSR count). The van der Waals surface area contributed by atoms with Gasteiger partial charge in [-0.3, -0.25) is 9.79 Å². The number of hydrogen-bond acceptors (Lipinski definition) is 4. The van der Waals surface area contributed by atoms with Crippen molar-refractivity contribution >= 4 is 13.8 Å². The average molecular weight is 197 g/mol. The molecule has 0 spiro atoms. The zero-order chi connectivity index (χ0) is 9.94. The van der Waals surface area contributed by atoms with Crippen LogP contribution in [0, 0.1) is 5.92 Å². The lowest BCUT2D eigenvalue weighted by Crippen LogP contribution is -2.36. The molecule has 0 aromatic heterocycles. The van der Waals surface area contributed by atoms with Crippen molar-refractivity contribution in [3.8, 4) is 0 Å². The third-order valence-corrected chi connectivity index (χ3v) is 1.62. The zero-order valence-electron chi connectivity index (χ0n) is 6.80. The molecule has 1 atom stereocenters. The van der Waals surface area contributed by atoms with Crippen LogP contribution < -0.4 is 5.73 Å². The highest BCUT2D eigenvalue weighted by molar-refractivity contribution is 7.46. The number of nitrogens with two attached hydrogens (primary N) is 1. The largest absolute Gasteiger partial charge is 0.527 e. The van der Waals surface area contributed by atoms with Crippen molar-refractivity contribution in [2.24, 2.45) is 11.7 Å². The Morgan fingerprint density at radius 2 is 1.92 bits per heavy atom. The molecule has 0 amide bonds. The molecule has 72 valence electrons. The fourth-order valence-corrected chi connectivity index (χ4v) is 0.806. The van der Waals surface area contributed by atoms with E-state index in [1.54, 1.807) is 13.8 Å². The van der Waals surface area contributed by atoms with Gasteiger partial charge in [0, 0.05) is 0 Å². The molecule has 0 radical (unpaired) electrons. The molecule has 0 bridgehead atoms. The van der Waals surface area contributed by atoms with Crippen LogP contribution >= 0.6 is 7.82 Å². The van der Waals surface area contributed by atoms with Crippen LogP contribution in [0.3, 0.4) is 0 Å². The summed E-state index contributed by atoms with van der Waals surface area (Å²) in [5, 5.41) is 0. The summed E-state index contributed by atoms with van der Waals surface area (Å²) >= 11 is 0. The van der Waals surface area contributed by atoms with Gasteiger partial charge < -0.3 is 10.3 Å². The summed E-state index contributed by atoms with van der Waals surface area (Å²) in [7, 11) is -4.74. The van der Waals surface area contributed by atoms with Crippen LogP contribution in [0.15, 0.2) is 0 Å². The van der Waals surface area contributed by atoms with E-state index in [2.05, 4.69) is 4.52 Å². The third-order valence-electron chi connectivity index (χ3n) is 1.20. The molecule has 0 aliphatic carbocycles. The molecule has 0 aliphatic heterocycles. The monoisotopic (exact) mass is 197 g/mol. The maximum atomic E-state index is 10.8. The minimum atomic E-state index is -4.74. The van der Waals surface area contributed by atoms with E-state index in [1.807, 2.05) is 0 Å². The van der Waals surface area contributed by atoms with Gasteiger partial charge in [-0.2, -0.15) is 0 Å². The lowest BCUT2D eigenvalue weighted by Gasteiger charge is -2.14. The van der Waals surface area contributed by atoms with Crippen LogP contribution in [0.2, 0.25) is 0 Å². The molecule has 4 N–H and O–H groups in total. The van der Waals surface area contributed by atoms with Crippen molar-refractivity contribution in [1.82, 2.24) is 0 Å². The predicted octanol–water partition coefficient (Wildman–Crippen LogP) is -0.394. The Morgan fingerprint density at radius 3 is 2.17 bits per heavy atom. The van der Waals surface area contributed by atoms with Crippen LogP contribution in [-0.4, -0.2) is 21.8 Å². The number of rotatable bonds is 3. The van der Waals surface area contributed by atoms with E-state index >= 15 is 0 Å². The second-order valence-electron chi connectivity index (χ2n) is 2.67. The summed E-state index contributed by atoms with van der Waals surface area (Å²) in [6.45, 7) is 3.29. The van der Waals surface area contributed by atoms with Gasteiger partial charge in [0.25, 0.3) is 0 Å². The van der Waals surface area contributed by atoms with Crippen LogP contribution in [0.4, 0.5) is 0 Å². The first-order valence-electron chi connectivity index (χ1n) is 3.28. The second kappa shape index (κ2) is 4.00. The Bertz CT molecular complexity index is 210. The summed E-state index contributed by atoms with van der Waals surface area (Å²) in [6, 6.07) is -1.00. The Morgan fingerprint density at radius 1 is 1.50 bits per heavy atom. The van der Waals surface area contributed by atoms with E-state index in [-0.39, 0.29) is 5.92 Å². The zero-order valence-corrected chi connectivity index (χ0v) is 7.69. The fourth-order valence-electron chi connectivity index (χ4n) is 0.450. The molecule has 0 aromatic rings. The van der Waals surface area contributed by atoms with E-state index in [9.17, 15) is 9.36 Å². The van der Waals surface area contributed by atoms with Crippen molar-refractivity contribution in [2.45, 2.75) is 19.9 Å². The molecular formula is C5H12NO5P. The Hall–Kier alpha value is -0.420. The molecule has 0 saturated carbocycles. The first-order chi connectivity index (χ1) is 5.24. The van der Waals surface area contributed by atoms with Crippen molar-refractivity contribution in [3.63, 3.8) is 0 Å². The summed E-state index contributed by atoms with van der Waals surface area (Å²) in [6.07, 6.45) is 0. The molecule has 0 saturated heterocycles. The van der Waals surface area contributed by atoms with Gasteiger partial charge in [-0.15, -0.1) is 0 Å². The predicted molar refractivity (Wildman–Crippen MR) is 40.9 cm³/mol. The number of carbonyl (C=O) groups is 1. The highest BCUT2D eigenvalue weighted by Crippen LogP contribution is 2.36. The second-order valence-corrected chi connectivity index (χ2v) is 3.83. The standard InChI is InChI=1S/C5H12NO5P/c1-3(2)4(6)5(7)11-12(8,9)10/h3-4H,6H2,1-2H3,(H2,8,9,10). The number of carbonyl (C=O) groups excluding carboxylic acids is 1. The Balaban J connectivity index is 4.15. The van der Waals surface area contributed by atoms with Crippen LogP contribution in [0.25, 0.3) is 0 Å². The quantitative estimate of drug-likeness (QED) is 0.531. The minimum Gasteiger partial charge on any atom is -0.369 e. The minimum absolute atomic E-state index is 0.218. The molecule has 0 aliphatic rings. The van der Waals surface area contributed by atoms with E-state index < -0.39 is 19.8 Å². The first kappa shape index (κ1) is 11.6. The van der Waals surface area contributed by atoms with Gasteiger partial charge >= 0.3 is 13.8 Å². The van der Waals surface area contributed by atoms with E-state index in [0.717, 1.165) is 0 Å². The first-order valence-corrected chi connectivity index (χ1v) is 4.81. The molecule has 7 heteroatoms. The van der Waals surface area contributed by atoms with Crippen LogP contribution in [0.1, 0.15) is 13.8 Å². The lowest BCUT2D eigenvalue weighted by atomic mass is 10.1. The average Bonchev–Trinajstić information content (AvgIpc) is 1.82. The number of phosphoric ester groups is 1. The van der Waals surface area contributed by atoms with Crippen molar-refractivity contribution in [1.29, 1.82) is 0 Å². The fraction of sp³-hybridized carbons (Fsp3) is 0.800. The van der Waals surface area contributed by atoms with Gasteiger partial charge in [0.2, 0.25) is 0 Å². The van der Waals surface area contributed by atoms with Crippen molar-refractivity contribution < 1.29 is 23.7 Å². The van der Waals surface area contributed by atoms with Crippen molar-refractivity contribution in [3.05, 3.63) is 0 Å². The van der Waals surface area contributed by atoms with E-state index in [0.29, 0.717) is 0 Å². The summed E-state index contributed by atoms with van der Waals surface area (Å²) in [5.41, 5.74) is 5.25. The van der Waals surface area contributed by atoms with E-state index in [4.69, 9.17) is 15.5 Å². The summed E-state index contributed by atoms with van der Waals surface area (Å²) in [4.78, 5) is 27.2. The lowest BCUT2D eigenvalue weighted by molar-refractivity contribution is -0.138. The molecule has 12 heavy (non-hydrogen) atoms. The maximum Gasteiger partial charge on any atom is 0.527 e. The smallest absolute Gasteiger partial charge is 0.369 e. The van der Waals surface area contributed by atoms with Gasteiger partial charge in [-0.1, -0.05) is 13.8 Å². The molecule has 6 nitrogen and oxygen atoms in total. The highest BCUT2D eigenvalue weighted by Gasteiger charge is 2.26. The number of phosphoric acid groups is 1. The van der Waals surface area contributed by atoms with Crippen LogP contribution in [0.5, 0.6) is 0 Å². The molecular weight excluding hydrogens is 185 g/mol. The maximum absolute atomic E-state index is 10.8. The topological polar surface area (TPSA) is 110 Å². The van der Waals surface area contributed by atoms with Gasteiger partial charge in [-0.25, -0.2) is 9.36 Å². The molecule has 0 heterocycles. The van der Waals surface area contributed by atoms with Crippen LogP contribution in [-0.2, 0) is 13.9 Å². The van der Waals surface area contributed by atoms with Gasteiger partial charge in [0.05, 0.1) is 0 Å². The molecule has 0 aromatic carbocycles. The summed E-state index contributed by atoms with van der Waals surface area (Å²) in [5.74, 6) is -1.30. The normalized spacial score (nSPS) is 14.5. The molecule has 0 fully saturated rings. The summed E-state index contributed by atoms with van der Waals surface area (Å²) < 4.78 is 13.9. The van der Waals surface area contributed by atoms with Gasteiger partial charge in [0.15, 0.2) is 0 Å². The number of hydrogen-bond donors (Lipinski definition) is 3. The third kappa shape index (κ3) is 4.46. The highest BCUT2D eigenvalue weighted by atomic mass is 31.2. The van der Waals surface area contributed by atoms with E-state index in [1.165, 1.54) is 0 Å². The van der Waals surface area contributed by atoms with Crippen molar-refractivity contribution in [2.75, 3.05) is 0 Å². The Kier molecular flexibility index (Phi) is 3.86. The SMILES string of the molecule is CC(C)C(N)C(=O)OP(=O)(O)O. The molecule has 1 unspecified atom stereocenters. The Labute approximate surface area is 70.0 Å².